The van der Waals surface area contributed by atoms with Crippen molar-refractivity contribution in [2.24, 2.45) is 11.1 Å². The Labute approximate surface area is 185 Å². The molecule has 1 atom stereocenters. The summed E-state index contributed by atoms with van der Waals surface area (Å²) in [5, 5.41) is 10.4. The Morgan fingerprint density at radius 3 is 2.77 bits per heavy atom. The highest BCUT2D eigenvalue weighted by Gasteiger charge is 2.44. The van der Waals surface area contributed by atoms with E-state index < -0.39 is 5.92 Å². The van der Waals surface area contributed by atoms with Gasteiger partial charge in [-0.05, 0) is 48.2 Å². The SMILES string of the molecule is Cc1cc(OCc2ccc(C3C(C#N)=C(N)OC4=C3C(=O)CC(C)(C)C4)o2)ccc1Cl. The van der Waals surface area contributed by atoms with Gasteiger partial charge >= 0.3 is 0 Å². The smallest absolute Gasteiger partial charge is 0.205 e. The fourth-order valence-electron chi connectivity index (χ4n) is 4.06. The number of hydrogen-bond acceptors (Lipinski definition) is 6. The predicted octanol–water partition coefficient (Wildman–Crippen LogP) is 5.27. The Bertz CT molecular complexity index is 1170. The Kier molecular flexibility index (Phi) is 5.32. The second kappa shape index (κ2) is 7.82. The van der Waals surface area contributed by atoms with Gasteiger partial charge in [-0.3, -0.25) is 4.79 Å². The number of furan rings is 1. The van der Waals surface area contributed by atoms with E-state index in [2.05, 4.69) is 6.07 Å². The number of hydrogen-bond donors (Lipinski definition) is 1. The number of Topliss-reactive ketones (excluding diaryl/α,β-unsaturated/α-hetero) is 1. The number of ether oxygens (including phenoxy) is 2. The van der Waals surface area contributed by atoms with Crippen LogP contribution in [-0.2, 0) is 16.1 Å². The highest BCUT2D eigenvalue weighted by Crippen LogP contribution is 2.48. The van der Waals surface area contributed by atoms with Crippen LogP contribution in [0.25, 0.3) is 0 Å². The number of nitriles is 1. The van der Waals surface area contributed by atoms with Crippen LogP contribution in [-0.4, -0.2) is 5.78 Å². The van der Waals surface area contributed by atoms with Crippen molar-refractivity contribution < 1.29 is 18.7 Å². The minimum Gasteiger partial charge on any atom is -0.486 e. The van der Waals surface area contributed by atoms with E-state index in [1.54, 1.807) is 24.3 Å². The number of nitrogens with zero attached hydrogens (tertiary/aromatic N) is 1. The van der Waals surface area contributed by atoms with Crippen molar-refractivity contribution in [1.29, 1.82) is 5.26 Å². The van der Waals surface area contributed by atoms with Crippen LogP contribution in [0.1, 0.15) is 49.7 Å². The predicted molar refractivity (Wildman–Crippen MR) is 115 cm³/mol. The lowest BCUT2D eigenvalue weighted by Gasteiger charge is -2.36. The molecule has 1 unspecified atom stereocenters. The van der Waals surface area contributed by atoms with Crippen LogP contribution in [0, 0.1) is 23.7 Å². The molecule has 1 aromatic heterocycles. The number of aryl methyl sites for hydroxylation is 1. The molecule has 1 aromatic carbocycles. The number of rotatable bonds is 4. The molecule has 1 aliphatic heterocycles. The fraction of sp³-hybridized carbons (Fsp3) is 0.333. The topological polar surface area (TPSA) is 98.5 Å². The number of carbonyl (C=O) groups excluding carboxylic acids is 1. The first kappa shape index (κ1) is 21.1. The van der Waals surface area contributed by atoms with Crippen molar-refractivity contribution >= 4 is 17.4 Å². The van der Waals surface area contributed by atoms with E-state index in [1.807, 2.05) is 26.8 Å². The second-order valence-electron chi connectivity index (χ2n) is 8.71. The summed E-state index contributed by atoms with van der Waals surface area (Å²) in [5.74, 6) is 1.51. The molecule has 4 rings (SSSR count). The molecular formula is C24H23ClN2O4. The van der Waals surface area contributed by atoms with Gasteiger partial charge in [-0.1, -0.05) is 25.4 Å². The molecule has 0 fully saturated rings. The number of ketones is 1. The van der Waals surface area contributed by atoms with E-state index in [0.29, 0.717) is 46.5 Å². The van der Waals surface area contributed by atoms with Gasteiger partial charge in [0.25, 0.3) is 0 Å². The van der Waals surface area contributed by atoms with Crippen LogP contribution in [0.4, 0.5) is 0 Å². The molecule has 0 saturated heterocycles. The second-order valence-corrected chi connectivity index (χ2v) is 9.11. The summed E-state index contributed by atoms with van der Waals surface area (Å²) in [6.45, 7) is 6.11. The average molecular weight is 439 g/mol. The number of halogens is 1. The van der Waals surface area contributed by atoms with Crippen molar-refractivity contribution in [3.05, 3.63) is 75.2 Å². The molecule has 2 N–H and O–H groups in total. The van der Waals surface area contributed by atoms with E-state index in [9.17, 15) is 10.1 Å². The zero-order valence-electron chi connectivity index (χ0n) is 17.6. The van der Waals surface area contributed by atoms with E-state index in [1.165, 1.54) is 0 Å². The van der Waals surface area contributed by atoms with Crippen molar-refractivity contribution in [1.82, 2.24) is 0 Å². The van der Waals surface area contributed by atoms with Crippen LogP contribution < -0.4 is 10.5 Å². The maximum Gasteiger partial charge on any atom is 0.205 e. The Balaban J connectivity index is 1.63. The molecule has 160 valence electrons. The van der Waals surface area contributed by atoms with E-state index in [4.69, 9.17) is 31.2 Å². The molecule has 31 heavy (non-hydrogen) atoms. The maximum absolute atomic E-state index is 13.0. The maximum atomic E-state index is 13.0. The minimum absolute atomic E-state index is 0.0163. The number of allylic oxidation sites excluding steroid dienone is 3. The van der Waals surface area contributed by atoms with Crippen molar-refractivity contribution in [2.45, 2.75) is 46.1 Å². The lowest BCUT2D eigenvalue weighted by Crippen LogP contribution is -2.33. The largest absolute Gasteiger partial charge is 0.486 e. The summed E-state index contributed by atoms with van der Waals surface area (Å²) in [5.41, 5.74) is 7.36. The molecular weight excluding hydrogens is 416 g/mol. The lowest BCUT2D eigenvalue weighted by atomic mass is 9.71. The zero-order valence-corrected chi connectivity index (χ0v) is 18.4. The first-order valence-corrected chi connectivity index (χ1v) is 10.4. The summed E-state index contributed by atoms with van der Waals surface area (Å²) in [6, 6.07) is 11.0. The van der Waals surface area contributed by atoms with Gasteiger partial charge in [0.05, 0.1) is 5.92 Å². The normalized spacial score (nSPS) is 20.2. The Hall–Kier alpha value is -3.17. The number of benzene rings is 1. The molecule has 7 heteroatoms. The van der Waals surface area contributed by atoms with Gasteiger partial charge in [-0.2, -0.15) is 5.26 Å². The van der Waals surface area contributed by atoms with Gasteiger partial charge in [0.2, 0.25) is 5.88 Å². The molecule has 6 nitrogen and oxygen atoms in total. The van der Waals surface area contributed by atoms with Gasteiger partial charge in [0.15, 0.2) is 5.78 Å². The number of nitrogens with two attached hydrogens (primary N) is 1. The van der Waals surface area contributed by atoms with Crippen LogP contribution in [0.15, 0.2) is 57.5 Å². The molecule has 1 aliphatic carbocycles. The van der Waals surface area contributed by atoms with Crippen molar-refractivity contribution in [2.75, 3.05) is 0 Å². The fourth-order valence-corrected chi connectivity index (χ4v) is 4.18. The average Bonchev–Trinajstić information content (AvgIpc) is 3.15. The molecule has 0 saturated carbocycles. The quantitative estimate of drug-likeness (QED) is 0.697. The summed E-state index contributed by atoms with van der Waals surface area (Å²) < 4.78 is 17.5. The third kappa shape index (κ3) is 4.06. The van der Waals surface area contributed by atoms with E-state index in [0.717, 1.165) is 5.56 Å². The molecule has 0 spiro atoms. The molecule has 2 aromatic rings. The third-order valence-electron chi connectivity index (χ3n) is 5.55. The molecule has 0 bridgehead atoms. The molecule has 2 heterocycles. The van der Waals surface area contributed by atoms with Crippen LogP contribution in [0.2, 0.25) is 5.02 Å². The summed E-state index contributed by atoms with van der Waals surface area (Å²) in [6.07, 6.45) is 0.938. The summed E-state index contributed by atoms with van der Waals surface area (Å²) >= 11 is 6.05. The standard InChI is InChI=1S/C24H23ClN2O4/c1-13-8-14(4-6-17(13)25)29-12-15-5-7-19(30-15)21-16(11-26)23(27)31-20-10-24(2,3)9-18(28)22(20)21/h4-8,21H,9-10,12,27H2,1-3H3. The molecule has 0 radical (unpaired) electrons. The van der Waals surface area contributed by atoms with Crippen LogP contribution in [0.5, 0.6) is 5.75 Å². The highest BCUT2D eigenvalue weighted by molar-refractivity contribution is 6.31. The zero-order chi connectivity index (χ0) is 22.3. The van der Waals surface area contributed by atoms with Gasteiger partial charge < -0.3 is 19.6 Å². The number of carbonyl (C=O) groups is 1. The first-order valence-electron chi connectivity index (χ1n) is 10.00. The van der Waals surface area contributed by atoms with Gasteiger partial charge in [0.1, 0.15) is 41.3 Å². The molecule has 0 amide bonds. The van der Waals surface area contributed by atoms with Gasteiger partial charge in [-0.15, -0.1) is 0 Å². The van der Waals surface area contributed by atoms with E-state index in [-0.39, 0.29) is 29.3 Å². The minimum atomic E-state index is -0.677. The van der Waals surface area contributed by atoms with Crippen molar-refractivity contribution in [3.63, 3.8) is 0 Å². The van der Waals surface area contributed by atoms with E-state index >= 15 is 0 Å². The van der Waals surface area contributed by atoms with Gasteiger partial charge in [0, 0.05) is 23.4 Å². The third-order valence-corrected chi connectivity index (χ3v) is 5.98. The first-order chi connectivity index (χ1) is 14.7. The summed E-state index contributed by atoms with van der Waals surface area (Å²) in [7, 11) is 0. The van der Waals surface area contributed by atoms with Crippen molar-refractivity contribution in [3.8, 4) is 11.8 Å². The monoisotopic (exact) mass is 438 g/mol. The Morgan fingerprint density at radius 2 is 2.06 bits per heavy atom. The highest BCUT2D eigenvalue weighted by atomic mass is 35.5. The summed E-state index contributed by atoms with van der Waals surface area (Å²) in [4.78, 5) is 13.0. The molecule has 2 aliphatic rings. The van der Waals surface area contributed by atoms with Crippen LogP contribution in [0.3, 0.4) is 0 Å². The van der Waals surface area contributed by atoms with Crippen LogP contribution >= 0.6 is 11.6 Å². The lowest BCUT2D eigenvalue weighted by molar-refractivity contribution is -0.119. The van der Waals surface area contributed by atoms with Gasteiger partial charge in [-0.25, -0.2) is 0 Å². The Morgan fingerprint density at radius 1 is 1.29 bits per heavy atom.